The highest BCUT2D eigenvalue weighted by atomic mass is 31.2. The lowest BCUT2D eigenvalue weighted by atomic mass is 10.1. The molecular weight excluding hydrogens is 653 g/mol. The molecule has 5 N–H and O–H groups in total. The van der Waals surface area contributed by atoms with Crippen LogP contribution in [0.1, 0.15) is 12.5 Å². The van der Waals surface area contributed by atoms with Crippen molar-refractivity contribution in [3.8, 4) is 0 Å². The summed E-state index contributed by atoms with van der Waals surface area (Å²) in [5.41, 5.74) is 11.8. The van der Waals surface area contributed by atoms with Crippen LogP contribution in [0.3, 0.4) is 0 Å². The van der Waals surface area contributed by atoms with Crippen LogP contribution < -0.4 is 17.0 Å². The summed E-state index contributed by atoms with van der Waals surface area (Å²) in [6.07, 6.45) is -7.37. The van der Waals surface area contributed by atoms with Crippen molar-refractivity contribution in [3.05, 3.63) is 35.3 Å². The van der Waals surface area contributed by atoms with E-state index in [0.717, 1.165) is 0 Å². The Kier molecular flexibility index (Phi) is 7.85. The third kappa shape index (κ3) is 5.46. The summed E-state index contributed by atoms with van der Waals surface area (Å²) < 4.78 is 85.1. The van der Waals surface area contributed by atoms with Gasteiger partial charge in [0.25, 0.3) is 20.5 Å². The number of H-pyrrole nitrogens is 1. The monoisotopic (exact) mass is 677 g/mol. The summed E-state index contributed by atoms with van der Waals surface area (Å²) in [5, 5.41) is 0. The van der Waals surface area contributed by atoms with E-state index in [1.54, 1.807) is 0 Å². The van der Waals surface area contributed by atoms with Crippen molar-refractivity contribution in [1.29, 1.82) is 0 Å². The molecule has 4 aromatic heterocycles. The summed E-state index contributed by atoms with van der Waals surface area (Å²) in [6, 6.07) is 1.52. The number of fused-ring (bicyclic) bond motifs is 4. The predicted molar refractivity (Wildman–Crippen MR) is 156 cm³/mol. The Balaban J connectivity index is 1.18. The SMILES string of the molecule is [B]P1(=O)OC[C@H]2O[C@@H](n3cnc4c(=O)[nH]c(N)nc43)C(OC)[C@H]2OP([B])(=O)OC[C@H]2O[C@@H](n3cnc4c(N)ccnc43)[C@@H](F)C2O1. The van der Waals surface area contributed by atoms with Crippen molar-refractivity contribution in [2.45, 2.75) is 49.1 Å². The molecule has 46 heavy (non-hydrogen) atoms. The van der Waals surface area contributed by atoms with Crippen molar-refractivity contribution >= 4 is 64.0 Å². The maximum atomic E-state index is 16.0. The lowest BCUT2D eigenvalue weighted by Crippen LogP contribution is -2.39. The van der Waals surface area contributed by atoms with Crippen LogP contribution in [-0.4, -0.2) is 106 Å². The number of nitrogens with two attached hydrogens (primary N) is 2. The molecule has 19 nitrogen and oxygen atoms in total. The molecule has 4 unspecified atom stereocenters. The second-order valence-electron chi connectivity index (χ2n) is 10.6. The highest BCUT2D eigenvalue weighted by Crippen LogP contribution is 2.54. The van der Waals surface area contributed by atoms with Crippen LogP contribution in [0.5, 0.6) is 0 Å². The van der Waals surface area contributed by atoms with Gasteiger partial charge in [0.15, 0.2) is 35.4 Å². The first-order valence-electron chi connectivity index (χ1n) is 13.6. The molecule has 4 aromatic rings. The van der Waals surface area contributed by atoms with Gasteiger partial charge in [-0.25, -0.2) is 19.3 Å². The second-order valence-corrected chi connectivity index (χ2v) is 13.7. The average Bonchev–Trinajstić information content (AvgIpc) is 3.75. The molecule has 7 rings (SSSR count). The fourth-order valence-electron chi connectivity index (χ4n) is 5.65. The first-order valence-corrected chi connectivity index (χ1v) is 16.8. The minimum atomic E-state index is -4.55. The molecule has 3 aliphatic rings. The van der Waals surface area contributed by atoms with Gasteiger partial charge in [-0.2, -0.15) is 4.98 Å². The minimum Gasteiger partial charge on any atom is -0.397 e. The molecule has 0 saturated carbocycles. The van der Waals surface area contributed by atoms with E-state index in [4.69, 9.17) is 58.9 Å². The number of hydrogen-bond acceptors (Lipinski definition) is 16. The molecule has 24 heteroatoms. The number of imidazole rings is 2. The predicted octanol–water partition coefficient (Wildman–Crippen LogP) is 0.247. The Labute approximate surface area is 260 Å². The van der Waals surface area contributed by atoms with Gasteiger partial charge in [0, 0.05) is 13.3 Å². The van der Waals surface area contributed by atoms with Gasteiger partial charge in [-0.05, 0) is 6.07 Å². The first kappa shape index (κ1) is 31.4. The molecule has 3 aliphatic heterocycles. The number of nitrogens with zero attached hydrogens (tertiary/aromatic N) is 6. The molecule has 0 amide bonds. The highest BCUT2D eigenvalue weighted by molar-refractivity contribution is 7.79. The fraction of sp³-hybridized carbons (Fsp3) is 0.500. The fourth-order valence-corrected chi connectivity index (χ4v) is 7.66. The van der Waals surface area contributed by atoms with E-state index in [1.165, 1.54) is 41.2 Å². The Morgan fingerprint density at radius 2 is 1.57 bits per heavy atom. The summed E-state index contributed by atoms with van der Waals surface area (Å²) in [5.74, 6) is -0.193. The standard InChI is InChI=1S/C22H24B2FN9O10P2/c1-38-16-15-10(42-21(16)34-7-30-13-18(34)31-22(27)32-19(13)35)5-40-45(23,36)43-14-9(4-39-46(24,37)44-15)41-20(11(14)25)33-6-29-12-8(26)2-3-28-17(12)33/h2-3,6-7,9-11,14-16,20-21H,4-5H2,1H3,(H2,26,28)(H3,27,31,32,35)/t9-,10-,11+,14?,15+,16?,20-,21-,45?,46?/m1/s1. The van der Waals surface area contributed by atoms with E-state index in [0.29, 0.717) is 11.2 Å². The van der Waals surface area contributed by atoms with Gasteiger partial charge in [-0.3, -0.25) is 28.0 Å². The van der Waals surface area contributed by atoms with Crippen LogP contribution in [0.15, 0.2) is 29.7 Å². The van der Waals surface area contributed by atoms with E-state index in [1.807, 2.05) is 0 Å². The van der Waals surface area contributed by atoms with Gasteiger partial charge in [0.1, 0.15) is 36.0 Å². The van der Waals surface area contributed by atoms with E-state index in [2.05, 4.69) is 24.9 Å². The molecule has 7 heterocycles. The summed E-state index contributed by atoms with van der Waals surface area (Å²) in [6.45, 7) is -1.26. The first-order chi connectivity index (χ1) is 21.9. The number of ether oxygens (including phenoxy) is 3. The van der Waals surface area contributed by atoms with Crippen molar-refractivity contribution in [2.24, 2.45) is 0 Å². The third-order valence-electron chi connectivity index (χ3n) is 7.69. The Hall–Kier alpha value is -3.19. The molecule has 0 spiro atoms. The van der Waals surface area contributed by atoms with E-state index in [-0.39, 0.29) is 22.8 Å². The van der Waals surface area contributed by atoms with Gasteiger partial charge >= 0.3 is 0 Å². The number of anilines is 2. The largest absolute Gasteiger partial charge is 0.397 e. The molecule has 4 radical (unpaired) electrons. The zero-order valence-electron chi connectivity index (χ0n) is 23.7. The van der Waals surface area contributed by atoms with Crippen LogP contribution in [0.2, 0.25) is 0 Å². The Morgan fingerprint density at radius 3 is 2.26 bits per heavy atom. The van der Waals surface area contributed by atoms with Gasteiger partial charge in [-0.1, -0.05) is 0 Å². The number of rotatable bonds is 3. The quantitative estimate of drug-likeness (QED) is 0.194. The molecule has 10 atom stereocenters. The van der Waals surface area contributed by atoms with Crippen LogP contribution in [0.25, 0.3) is 22.3 Å². The Bertz CT molecular complexity index is 1970. The number of nitrogen functional groups attached to an aromatic ring is 2. The third-order valence-corrected chi connectivity index (χ3v) is 9.78. The number of aromatic nitrogens is 7. The van der Waals surface area contributed by atoms with Crippen LogP contribution >= 0.6 is 14.9 Å². The average molecular weight is 677 g/mol. The number of aromatic amines is 1. The minimum absolute atomic E-state index is 0.0311. The number of halogens is 1. The van der Waals surface area contributed by atoms with Crippen molar-refractivity contribution in [3.63, 3.8) is 0 Å². The zero-order valence-corrected chi connectivity index (χ0v) is 25.5. The molecule has 3 fully saturated rings. The van der Waals surface area contributed by atoms with Crippen LogP contribution in [0, 0.1) is 0 Å². The Morgan fingerprint density at radius 1 is 0.957 bits per heavy atom. The van der Waals surface area contributed by atoms with Gasteiger partial charge < -0.3 is 43.8 Å². The number of methoxy groups -OCH3 is 1. The maximum Gasteiger partial charge on any atom is 0.280 e. The van der Waals surface area contributed by atoms with Crippen LogP contribution in [-0.2, 0) is 41.4 Å². The molecule has 240 valence electrons. The van der Waals surface area contributed by atoms with Crippen LogP contribution in [0.4, 0.5) is 16.0 Å². The lowest BCUT2D eigenvalue weighted by molar-refractivity contribution is -0.0588. The summed E-state index contributed by atoms with van der Waals surface area (Å²) >= 11 is 0. The van der Waals surface area contributed by atoms with E-state index < -0.39 is 82.9 Å². The van der Waals surface area contributed by atoms with Gasteiger partial charge in [0.05, 0.1) is 31.6 Å². The zero-order chi connectivity index (χ0) is 32.5. The molecule has 0 bridgehead atoms. The van der Waals surface area contributed by atoms with E-state index >= 15 is 4.39 Å². The van der Waals surface area contributed by atoms with Crippen molar-refractivity contribution < 1.29 is 45.8 Å². The number of nitrogens with one attached hydrogen (secondary N) is 1. The van der Waals surface area contributed by atoms with Crippen molar-refractivity contribution in [1.82, 2.24) is 34.1 Å². The topological polar surface area (TPSA) is 245 Å². The van der Waals surface area contributed by atoms with Gasteiger partial charge in [-0.15, -0.1) is 0 Å². The highest BCUT2D eigenvalue weighted by Gasteiger charge is 2.53. The van der Waals surface area contributed by atoms with Crippen molar-refractivity contribution in [2.75, 3.05) is 31.8 Å². The summed E-state index contributed by atoms with van der Waals surface area (Å²) in [4.78, 5) is 31.2. The summed E-state index contributed by atoms with van der Waals surface area (Å²) in [7, 11) is 4.14. The smallest absolute Gasteiger partial charge is 0.280 e. The van der Waals surface area contributed by atoms with Gasteiger partial charge in [0.2, 0.25) is 21.1 Å². The van der Waals surface area contributed by atoms with E-state index in [9.17, 15) is 13.9 Å². The second kappa shape index (κ2) is 11.5. The number of alkyl halides is 1. The molecule has 0 aromatic carbocycles. The maximum absolute atomic E-state index is 16.0. The molecule has 0 aliphatic carbocycles. The normalized spacial score (nSPS) is 37.1. The molecule has 3 saturated heterocycles. The molecular formula is C22H24B2FN9O10P2. The number of hydrogen-bond donors (Lipinski definition) is 3. The lowest BCUT2D eigenvalue weighted by Gasteiger charge is -2.30. The number of pyridine rings is 1.